The zero-order valence-electron chi connectivity index (χ0n) is 5.97. The fourth-order valence-corrected chi connectivity index (χ4v) is 0.675. The lowest BCUT2D eigenvalue weighted by Crippen LogP contribution is -1.98. The molecule has 0 aliphatic heterocycles. The molecule has 0 bridgehead atoms. The first kappa shape index (κ1) is 8.47. The molecule has 12 heavy (non-hydrogen) atoms. The lowest BCUT2D eigenvalue weighted by Gasteiger charge is -2.02. The number of ether oxygens (including phenoxy) is 1. The van der Waals surface area contributed by atoms with Gasteiger partial charge in [-0.2, -0.15) is 5.26 Å². The Kier molecular flexibility index (Phi) is 2.59. The number of hydrogen-bond donors (Lipinski definition) is 0. The van der Waals surface area contributed by atoms with Gasteiger partial charge < -0.3 is 4.74 Å². The van der Waals surface area contributed by atoms with Crippen LogP contribution in [0.1, 0.15) is 0 Å². The Morgan fingerprint density at radius 1 is 1.42 bits per heavy atom. The van der Waals surface area contributed by atoms with Crippen LogP contribution in [0.2, 0.25) is 0 Å². The quantitative estimate of drug-likeness (QED) is 0.672. The van der Waals surface area contributed by atoms with Gasteiger partial charge >= 0.3 is 0 Å². The molecular formula is C8H4F2NO. The normalized spacial score (nSPS) is 9.08. The third kappa shape index (κ3) is 1.70. The Hall–Kier alpha value is -1.63. The molecule has 1 aromatic rings. The number of nitrogens with zero attached hydrogens (tertiary/aromatic N) is 1. The zero-order chi connectivity index (χ0) is 8.97. The molecule has 0 heterocycles. The Labute approximate surface area is 68.0 Å². The number of hydrogen-bond acceptors (Lipinski definition) is 2. The molecule has 0 aliphatic rings. The smallest absolute Gasteiger partial charge is 0.192 e. The van der Waals surface area contributed by atoms with Gasteiger partial charge in [-0.3, -0.25) is 0 Å². The van der Waals surface area contributed by atoms with Crippen LogP contribution in [0.25, 0.3) is 0 Å². The van der Waals surface area contributed by atoms with E-state index in [9.17, 15) is 8.78 Å². The second kappa shape index (κ2) is 3.67. The van der Waals surface area contributed by atoms with Crippen LogP contribution < -0.4 is 4.74 Å². The summed E-state index contributed by atoms with van der Waals surface area (Å²) in [6.45, 7) is -0.377. The van der Waals surface area contributed by atoms with Crippen LogP contribution in [0.4, 0.5) is 8.78 Å². The molecule has 2 nitrogen and oxygen atoms in total. The summed E-state index contributed by atoms with van der Waals surface area (Å²) in [7, 11) is 0. The van der Waals surface area contributed by atoms with E-state index < -0.39 is 17.4 Å². The predicted octanol–water partition coefficient (Wildman–Crippen LogP) is 1.67. The van der Waals surface area contributed by atoms with Crippen molar-refractivity contribution in [3.63, 3.8) is 0 Å². The zero-order valence-corrected chi connectivity index (χ0v) is 5.97. The van der Waals surface area contributed by atoms with Gasteiger partial charge in [-0.25, -0.2) is 8.78 Å². The second-order valence-corrected chi connectivity index (χ2v) is 1.93. The number of nitriles is 1. The molecule has 0 aliphatic carbocycles. The average molecular weight is 168 g/mol. The molecule has 61 valence electrons. The van der Waals surface area contributed by atoms with Gasteiger partial charge in [-0.1, -0.05) is 0 Å². The molecular weight excluding hydrogens is 164 g/mol. The molecule has 0 spiro atoms. The van der Waals surface area contributed by atoms with Crippen LogP contribution in [0.3, 0.4) is 0 Å². The first-order valence-electron chi connectivity index (χ1n) is 3.10. The van der Waals surface area contributed by atoms with Crippen molar-refractivity contribution in [1.29, 1.82) is 5.26 Å². The lowest BCUT2D eigenvalue weighted by molar-refractivity contribution is 0.324. The molecule has 0 fully saturated rings. The summed E-state index contributed by atoms with van der Waals surface area (Å²) in [5.74, 6) is -2.24. The predicted molar refractivity (Wildman–Crippen MR) is 36.3 cm³/mol. The van der Waals surface area contributed by atoms with Gasteiger partial charge in [0.15, 0.2) is 24.0 Å². The summed E-state index contributed by atoms with van der Waals surface area (Å²) in [4.78, 5) is 0. The topological polar surface area (TPSA) is 33.0 Å². The fourth-order valence-electron chi connectivity index (χ4n) is 0.675. The van der Waals surface area contributed by atoms with Gasteiger partial charge in [-0.05, 0) is 18.2 Å². The highest BCUT2D eigenvalue weighted by molar-refractivity contribution is 5.25. The third-order valence-electron chi connectivity index (χ3n) is 1.14. The van der Waals surface area contributed by atoms with Gasteiger partial charge in [0, 0.05) is 0 Å². The Morgan fingerprint density at radius 3 is 2.50 bits per heavy atom. The number of halogens is 2. The van der Waals surface area contributed by atoms with E-state index in [1.54, 1.807) is 6.07 Å². The maximum Gasteiger partial charge on any atom is 0.192 e. The van der Waals surface area contributed by atoms with Gasteiger partial charge in [-0.15, -0.1) is 0 Å². The second-order valence-electron chi connectivity index (χ2n) is 1.93. The van der Waals surface area contributed by atoms with Gasteiger partial charge in [0.25, 0.3) is 0 Å². The van der Waals surface area contributed by atoms with Crippen LogP contribution in [0.15, 0.2) is 12.1 Å². The highest BCUT2D eigenvalue weighted by atomic mass is 19.1. The monoisotopic (exact) mass is 168 g/mol. The van der Waals surface area contributed by atoms with Crippen molar-refractivity contribution >= 4 is 0 Å². The molecule has 0 unspecified atom stereocenters. The lowest BCUT2D eigenvalue weighted by atomic mass is 10.3. The van der Waals surface area contributed by atoms with E-state index >= 15 is 0 Å². The molecule has 0 saturated heterocycles. The Morgan fingerprint density at radius 2 is 2.00 bits per heavy atom. The van der Waals surface area contributed by atoms with E-state index in [-0.39, 0.29) is 6.61 Å². The van der Waals surface area contributed by atoms with E-state index in [4.69, 9.17) is 5.26 Å². The van der Waals surface area contributed by atoms with Crippen LogP contribution in [0.5, 0.6) is 5.75 Å². The standard InChI is InChI=1S/C8H4F2NO/c9-6-2-1-3-7(10)8(6)12-5-4-11/h2-3H,5H2. The van der Waals surface area contributed by atoms with Crippen molar-refractivity contribution in [2.45, 2.75) is 0 Å². The fraction of sp³-hybridized carbons (Fsp3) is 0.125. The molecule has 0 atom stereocenters. The number of rotatable bonds is 2. The summed E-state index contributed by atoms with van der Waals surface area (Å²) in [5, 5.41) is 8.08. The molecule has 0 amide bonds. The SMILES string of the molecule is N#CCOc1c(F)c[c]cc1F. The van der Waals surface area contributed by atoms with E-state index in [1.807, 2.05) is 0 Å². The van der Waals surface area contributed by atoms with E-state index in [0.717, 1.165) is 12.1 Å². The van der Waals surface area contributed by atoms with Gasteiger partial charge in [0.2, 0.25) is 0 Å². The molecule has 1 radical (unpaired) electrons. The van der Waals surface area contributed by atoms with Crippen molar-refractivity contribution in [3.8, 4) is 11.8 Å². The van der Waals surface area contributed by atoms with Crippen molar-refractivity contribution in [1.82, 2.24) is 0 Å². The summed E-state index contributed by atoms with van der Waals surface area (Å²) >= 11 is 0. The van der Waals surface area contributed by atoms with Crippen molar-refractivity contribution in [2.24, 2.45) is 0 Å². The minimum atomic E-state index is -0.856. The molecule has 0 saturated carbocycles. The average Bonchev–Trinajstić information content (AvgIpc) is 2.04. The molecule has 4 heteroatoms. The van der Waals surface area contributed by atoms with E-state index in [1.165, 1.54) is 0 Å². The maximum atomic E-state index is 12.7. The first-order valence-corrected chi connectivity index (χ1v) is 3.10. The molecule has 1 rings (SSSR count). The summed E-state index contributed by atoms with van der Waals surface area (Å²) in [5.41, 5.74) is 0. The van der Waals surface area contributed by atoms with E-state index in [0.29, 0.717) is 0 Å². The summed E-state index contributed by atoms with van der Waals surface area (Å²) < 4.78 is 29.8. The van der Waals surface area contributed by atoms with Crippen LogP contribution in [-0.4, -0.2) is 6.61 Å². The molecule has 0 N–H and O–H groups in total. The number of benzene rings is 1. The van der Waals surface area contributed by atoms with Crippen molar-refractivity contribution in [3.05, 3.63) is 29.8 Å². The summed E-state index contributed by atoms with van der Waals surface area (Å²) in [6, 6.07) is 5.72. The molecule has 1 aromatic carbocycles. The summed E-state index contributed by atoms with van der Waals surface area (Å²) in [6.07, 6.45) is 0. The Balaban J connectivity index is 2.90. The van der Waals surface area contributed by atoms with Crippen LogP contribution in [-0.2, 0) is 0 Å². The van der Waals surface area contributed by atoms with E-state index in [2.05, 4.69) is 10.8 Å². The highest BCUT2D eigenvalue weighted by Gasteiger charge is 2.08. The van der Waals surface area contributed by atoms with Crippen LogP contribution in [0, 0.1) is 29.0 Å². The van der Waals surface area contributed by atoms with Gasteiger partial charge in [0.05, 0.1) is 0 Å². The maximum absolute atomic E-state index is 12.7. The first-order chi connectivity index (χ1) is 5.75. The molecule has 0 aromatic heterocycles. The van der Waals surface area contributed by atoms with Gasteiger partial charge in [0.1, 0.15) is 6.07 Å². The third-order valence-corrected chi connectivity index (χ3v) is 1.14. The van der Waals surface area contributed by atoms with Crippen molar-refractivity contribution in [2.75, 3.05) is 6.61 Å². The largest absolute Gasteiger partial charge is 0.473 e. The Bertz CT molecular complexity index is 299. The highest BCUT2D eigenvalue weighted by Crippen LogP contribution is 2.19. The minimum Gasteiger partial charge on any atom is -0.473 e. The minimum absolute atomic E-state index is 0.377. The van der Waals surface area contributed by atoms with Crippen molar-refractivity contribution < 1.29 is 13.5 Å². The van der Waals surface area contributed by atoms with Crippen LogP contribution >= 0.6 is 0 Å².